The lowest BCUT2D eigenvalue weighted by Gasteiger charge is -2.40. The summed E-state index contributed by atoms with van der Waals surface area (Å²) in [5.74, 6) is -0.0279. The number of nitrogens with one attached hydrogen (secondary N) is 1. The van der Waals surface area contributed by atoms with Gasteiger partial charge in [0.2, 0.25) is 10.0 Å². The molecule has 1 saturated carbocycles. The first-order valence-electron chi connectivity index (χ1n) is 9.63. The molecule has 0 saturated heterocycles. The van der Waals surface area contributed by atoms with Crippen LogP contribution >= 0.6 is 11.6 Å². The summed E-state index contributed by atoms with van der Waals surface area (Å²) >= 11 is 6.19. The summed E-state index contributed by atoms with van der Waals surface area (Å²) in [4.78, 5) is 11.0. The van der Waals surface area contributed by atoms with E-state index in [1.807, 2.05) is 18.2 Å². The van der Waals surface area contributed by atoms with Gasteiger partial charge in [-0.25, -0.2) is 23.1 Å². The van der Waals surface area contributed by atoms with Crippen molar-refractivity contribution in [2.24, 2.45) is 0 Å². The fraction of sp³-hybridized carbons (Fsp3) is 0.450. The number of benzene rings is 1. The normalized spacial score (nSPS) is 21.7. The Balaban J connectivity index is 1.74. The Kier molecular flexibility index (Phi) is 5.23. The molecule has 4 rings (SSSR count). The maximum Gasteiger partial charge on any atom is 0.243 e. The van der Waals surface area contributed by atoms with Crippen molar-refractivity contribution in [1.29, 1.82) is 5.26 Å². The second-order valence-corrected chi connectivity index (χ2v) is 9.95. The van der Waals surface area contributed by atoms with Gasteiger partial charge in [-0.15, -0.1) is 0 Å². The highest BCUT2D eigenvalue weighted by molar-refractivity contribution is 7.89. The molecular weight excluding hydrogens is 410 g/mol. The van der Waals surface area contributed by atoms with Crippen LogP contribution in [0.25, 0.3) is 0 Å². The fourth-order valence-corrected chi connectivity index (χ4v) is 5.31. The van der Waals surface area contributed by atoms with E-state index in [2.05, 4.69) is 25.7 Å². The van der Waals surface area contributed by atoms with Gasteiger partial charge in [0.15, 0.2) is 5.82 Å². The van der Waals surface area contributed by atoms with E-state index in [-0.39, 0.29) is 17.0 Å². The number of nitriles is 1. The van der Waals surface area contributed by atoms with E-state index in [0.717, 1.165) is 30.5 Å². The molecule has 0 spiro atoms. The van der Waals surface area contributed by atoms with Crippen molar-refractivity contribution in [2.45, 2.75) is 62.0 Å². The monoisotopic (exact) mass is 431 g/mol. The number of nitrogens with zero attached hydrogens (tertiary/aromatic N) is 4. The minimum atomic E-state index is -3.67. The molecule has 0 amide bonds. The van der Waals surface area contributed by atoms with Crippen molar-refractivity contribution >= 4 is 27.3 Å². The Morgan fingerprint density at radius 1 is 1.28 bits per heavy atom. The quantitative estimate of drug-likeness (QED) is 0.777. The summed E-state index contributed by atoms with van der Waals surface area (Å²) in [6.45, 7) is 3.50. The molecule has 2 unspecified atom stereocenters. The van der Waals surface area contributed by atoms with Crippen LogP contribution in [0.3, 0.4) is 0 Å². The minimum absolute atomic E-state index is 0.0113. The van der Waals surface area contributed by atoms with Gasteiger partial charge in [-0.05, 0) is 56.9 Å². The molecule has 2 atom stereocenters. The van der Waals surface area contributed by atoms with Gasteiger partial charge in [0.1, 0.15) is 16.9 Å². The first-order chi connectivity index (χ1) is 13.8. The van der Waals surface area contributed by atoms with Crippen LogP contribution in [-0.2, 0) is 10.0 Å². The van der Waals surface area contributed by atoms with E-state index in [0.29, 0.717) is 16.9 Å². The standard InChI is InChI=1S/C20H22ClN5O2S/c1-12(2)25-29(27,28)15-10-23-20(24-11-15)19-17(9-22)16-8-13(21)6-7-18(16)26(19)14-4-3-5-14/h6-8,10-12,14,17,19,25H,3-5H2,1-2H3. The fourth-order valence-electron chi connectivity index (χ4n) is 3.99. The highest BCUT2D eigenvalue weighted by Gasteiger charge is 2.45. The highest BCUT2D eigenvalue weighted by Crippen LogP contribution is 2.51. The van der Waals surface area contributed by atoms with Crippen molar-refractivity contribution in [1.82, 2.24) is 14.7 Å². The van der Waals surface area contributed by atoms with Crippen molar-refractivity contribution in [3.05, 3.63) is 47.0 Å². The molecule has 152 valence electrons. The molecule has 1 aromatic carbocycles. The molecule has 9 heteroatoms. The summed E-state index contributed by atoms with van der Waals surface area (Å²) < 4.78 is 27.3. The Labute approximate surface area is 175 Å². The molecule has 1 fully saturated rings. The second kappa shape index (κ2) is 7.56. The third-order valence-electron chi connectivity index (χ3n) is 5.44. The second-order valence-electron chi connectivity index (χ2n) is 7.80. The van der Waals surface area contributed by atoms with Gasteiger partial charge >= 0.3 is 0 Å². The van der Waals surface area contributed by atoms with E-state index >= 15 is 0 Å². The van der Waals surface area contributed by atoms with Gasteiger partial charge in [0, 0.05) is 22.8 Å². The number of hydrogen-bond acceptors (Lipinski definition) is 6. The molecule has 7 nitrogen and oxygen atoms in total. The van der Waals surface area contributed by atoms with Crippen molar-refractivity contribution in [3.63, 3.8) is 0 Å². The van der Waals surface area contributed by atoms with Gasteiger partial charge in [-0.1, -0.05) is 11.6 Å². The van der Waals surface area contributed by atoms with Crippen LogP contribution in [0.2, 0.25) is 5.02 Å². The van der Waals surface area contributed by atoms with Gasteiger partial charge in [0.25, 0.3) is 0 Å². The van der Waals surface area contributed by atoms with E-state index in [1.165, 1.54) is 12.4 Å². The van der Waals surface area contributed by atoms with Crippen LogP contribution in [0, 0.1) is 11.3 Å². The summed E-state index contributed by atoms with van der Waals surface area (Å²) in [5.41, 5.74) is 1.86. The maximum atomic E-state index is 12.4. The van der Waals surface area contributed by atoms with E-state index < -0.39 is 15.9 Å². The largest absolute Gasteiger partial charge is 0.356 e. The van der Waals surface area contributed by atoms with Gasteiger partial charge < -0.3 is 4.90 Å². The Morgan fingerprint density at radius 3 is 2.52 bits per heavy atom. The minimum Gasteiger partial charge on any atom is -0.356 e. The molecule has 29 heavy (non-hydrogen) atoms. The molecule has 1 N–H and O–H groups in total. The third-order valence-corrected chi connectivity index (χ3v) is 7.29. The van der Waals surface area contributed by atoms with Crippen LogP contribution in [-0.4, -0.2) is 30.5 Å². The molecule has 1 aromatic heterocycles. The molecule has 2 heterocycles. The zero-order valence-electron chi connectivity index (χ0n) is 16.2. The summed E-state index contributed by atoms with van der Waals surface area (Å²) in [7, 11) is -3.67. The summed E-state index contributed by atoms with van der Waals surface area (Å²) in [5, 5.41) is 10.5. The van der Waals surface area contributed by atoms with Gasteiger partial charge in [-0.3, -0.25) is 0 Å². The lowest BCUT2D eigenvalue weighted by atomic mass is 9.89. The SMILES string of the molecule is CC(C)NS(=O)(=O)c1cnc(C2C(C#N)c3cc(Cl)ccc3N2C2CCC2)nc1. The van der Waals surface area contributed by atoms with E-state index in [4.69, 9.17) is 11.6 Å². The number of anilines is 1. The van der Waals surface area contributed by atoms with Crippen molar-refractivity contribution < 1.29 is 8.42 Å². The lowest BCUT2D eigenvalue weighted by molar-refractivity contribution is 0.358. The predicted molar refractivity (Wildman–Crippen MR) is 110 cm³/mol. The van der Waals surface area contributed by atoms with E-state index in [1.54, 1.807) is 13.8 Å². The number of hydrogen-bond donors (Lipinski definition) is 1. The van der Waals surface area contributed by atoms with Gasteiger partial charge in [-0.2, -0.15) is 5.26 Å². The molecule has 1 aliphatic heterocycles. The number of fused-ring (bicyclic) bond motifs is 1. The third kappa shape index (κ3) is 3.59. The van der Waals surface area contributed by atoms with E-state index in [9.17, 15) is 13.7 Å². The molecular formula is C20H22ClN5O2S. The van der Waals surface area contributed by atoms with Crippen LogP contribution in [0.5, 0.6) is 0 Å². The Bertz CT molecular complexity index is 1060. The number of rotatable bonds is 5. The van der Waals surface area contributed by atoms with Crippen LogP contribution in [0.4, 0.5) is 5.69 Å². The Morgan fingerprint density at radius 2 is 1.97 bits per heavy atom. The first kappa shape index (κ1) is 20.1. The molecule has 0 bridgehead atoms. The summed E-state index contributed by atoms with van der Waals surface area (Å²) in [6.07, 6.45) is 5.86. The van der Waals surface area contributed by atoms with Crippen LogP contribution < -0.4 is 9.62 Å². The zero-order chi connectivity index (χ0) is 20.8. The lowest BCUT2D eigenvalue weighted by Crippen LogP contribution is -2.42. The molecule has 1 aliphatic carbocycles. The van der Waals surface area contributed by atoms with Crippen LogP contribution in [0.1, 0.15) is 56.5 Å². The average molecular weight is 432 g/mol. The maximum absolute atomic E-state index is 12.4. The predicted octanol–water partition coefficient (Wildman–Crippen LogP) is 3.54. The molecule has 0 radical (unpaired) electrons. The topological polar surface area (TPSA) is 99.0 Å². The molecule has 2 aliphatic rings. The van der Waals surface area contributed by atoms with Crippen molar-refractivity contribution in [2.75, 3.05) is 4.90 Å². The first-order valence-corrected chi connectivity index (χ1v) is 11.5. The summed E-state index contributed by atoms with van der Waals surface area (Å²) in [6, 6.07) is 7.72. The highest BCUT2D eigenvalue weighted by atomic mass is 35.5. The smallest absolute Gasteiger partial charge is 0.243 e. The van der Waals surface area contributed by atoms with Crippen LogP contribution in [0.15, 0.2) is 35.5 Å². The number of aromatic nitrogens is 2. The van der Waals surface area contributed by atoms with Gasteiger partial charge in [0.05, 0.1) is 18.5 Å². The molecule has 2 aromatic rings. The van der Waals surface area contributed by atoms with Crippen molar-refractivity contribution in [3.8, 4) is 6.07 Å². The Hall–Kier alpha value is -2.21. The zero-order valence-corrected chi connectivity index (χ0v) is 17.8. The average Bonchev–Trinajstić information content (AvgIpc) is 2.92. The number of sulfonamides is 1. The number of halogens is 1.